The molecule has 0 radical (unpaired) electrons. The van der Waals surface area contributed by atoms with Crippen molar-refractivity contribution in [3.8, 4) is 11.5 Å². The number of piperidine rings is 1. The van der Waals surface area contributed by atoms with Gasteiger partial charge in [-0.2, -0.15) is 0 Å². The number of hydrogen-bond acceptors (Lipinski definition) is 5. The number of hydrogen-bond donors (Lipinski definition) is 1. The van der Waals surface area contributed by atoms with Crippen molar-refractivity contribution in [1.29, 1.82) is 0 Å². The standard InChI is InChI=1S/C21H25BrN2O5S/c1-28-19-8-7-18(13-20(19)29-2)23-21(25)16-9-11-24(12-10-16)30(26,27)14-15-3-5-17(22)6-4-15/h3-8,13,16H,9-12,14H2,1-2H3,(H,23,25). The summed E-state index contributed by atoms with van der Waals surface area (Å²) in [6.07, 6.45) is 0.970. The maximum Gasteiger partial charge on any atom is 0.227 e. The van der Waals surface area contributed by atoms with Crippen molar-refractivity contribution in [2.45, 2.75) is 18.6 Å². The summed E-state index contributed by atoms with van der Waals surface area (Å²) >= 11 is 3.35. The molecule has 1 heterocycles. The summed E-state index contributed by atoms with van der Waals surface area (Å²) in [5.41, 5.74) is 1.36. The fraction of sp³-hybridized carbons (Fsp3) is 0.381. The van der Waals surface area contributed by atoms with Crippen LogP contribution >= 0.6 is 15.9 Å². The highest BCUT2D eigenvalue weighted by Gasteiger charge is 2.31. The average Bonchev–Trinajstić information content (AvgIpc) is 2.75. The van der Waals surface area contributed by atoms with E-state index in [9.17, 15) is 13.2 Å². The van der Waals surface area contributed by atoms with E-state index in [0.29, 0.717) is 43.1 Å². The molecule has 0 unspecified atom stereocenters. The maximum absolute atomic E-state index is 12.7. The SMILES string of the molecule is COc1ccc(NC(=O)C2CCN(S(=O)(=O)Cc3ccc(Br)cc3)CC2)cc1OC. The molecule has 3 rings (SSSR count). The average molecular weight is 497 g/mol. The van der Waals surface area contributed by atoms with E-state index in [2.05, 4.69) is 21.2 Å². The molecule has 0 atom stereocenters. The zero-order valence-electron chi connectivity index (χ0n) is 16.9. The van der Waals surface area contributed by atoms with Gasteiger partial charge in [0.1, 0.15) is 0 Å². The third kappa shape index (κ3) is 5.53. The second-order valence-electron chi connectivity index (χ2n) is 7.12. The Morgan fingerprint density at radius 3 is 2.30 bits per heavy atom. The van der Waals surface area contributed by atoms with Crippen molar-refractivity contribution in [2.75, 3.05) is 32.6 Å². The number of nitrogens with zero attached hydrogens (tertiary/aromatic N) is 1. The summed E-state index contributed by atoms with van der Waals surface area (Å²) in [6.45, 7) is 0.672. The number of rotatable bonds is 7. The Morgan fingerprint density at radius 1 is 1.07 bits per heavy atom. The zero-order valence-corrected chi connectivity index (χ0v) is 19.3. The third-order valence-electron chi connectivity index (χ3n) is 5.13. The Bertz CT molecular complexity index is 987. The van der Waals surface area contributed by atoms with E-state index in [4.69, 9.17) is 9.47 Å². The lowest BCUT2D eigenvalue weighted by Gasteiger charge is -2.30. The lowest BCUT2D eigenvalue weighted by molar-refractivity contribution is -0.120. The van der Waals surface area contributed by atoms with Crippen LogP contribution in [-0.2, 0) is 20.6 Å². The largest absolute Gasteiger partial charge is 0.493 e. The van der Waals surface area contributed by atoms with E-state index >= 15 is 0 Å². The first-order valence-electron chi connectivity index (χ1n) is 9.57. The second kappa shape index (κ2) is 9.80. The van der Waals surface area contributed by atoms with Crippen LogP contribution < -0.4 is 14.8 Å². The van der Waals surface area contributed by atoms with Gasteiger partial charge in [-0.3, -0.25) is 4.79 Å². The molecule has 1 fully saturated rings. The summed E-state index contributed by atoms with van der Waals surface area (Å²) < 4.78 is 38.3. The van der Waals surface area contributed by atoms with Crippen LogP contribution in [0.1, 0.15) is 18.4 Å². The summed E-state index contributed by atoms with van der Waals surface area (Å²) in [4.78, 5) is 12.6. The molecule has 0 bridgehead atoms. The van der Waals surface area contributed by atoms with Crippen molar-refractivity contribution in [3.63, 3.8) is 0 Å². The topological polar surface area (TPSA) is 84.9 Å². The van der Waals surface area contributed by atoms with Crippen LogP contribution in [0.15, 0.2) is 46.9 Å². The molecule has 1 saturated heterocycles. The van der Waals surface area contributed by atoms with Crippen LogP contribution in [0, 0.1) is 5.92 Å². The summed E-state index contributed by atoms with van der Waals surface area (Å²) in [6, 6.07) is 12.4. The van der Waals surface area contributed by atoms with Crippen molar-refractivity contribution in [2.24, 2.45) is 5.92 Å². The molecular formula is C21H25BrN2O5S. The predicted molar refractivity (Wildman–Crippen MR) is 119 cm³/mol. The number of benzene rings is 2. The molecule has 7 nitrogen and oxygen atoms in total. The van der Waals surface area contributed by atoms with Crippen LogP contribution in [0.3, 0.4) is 0 Å². The smallest absolute Gasteiger partial charge is 0.227 e. The number of sulfonamides is 1. The number of halogens is 1. The third-order valence-corrected chi connectivity index (χ3v) is 7.51. The Kier molecular flexibility index (Phi) is 7.38. The number of ether oxygens (including phenoxy) is 2. The Hall–Kier alpha value is -2.10. The highest BCUT2D eigenvalue weighted by molar-refractivity contribution is 9.10. The maximum atomic E-state index is 12.7. The van der Waals surface area contributed by atoms with Gasteiger partial charge >= 0.3 is 0 Å². The quantitative estimate of drug-likeness (QED) is 0.632. The molecule has 0 saturated carbocycles. The van der Waals surface area contributed by atoms with Gasteiger partial charge in [-0.25, -0.2) is 12.7 Å². The van der Waals surface area contributed by atoms with Gasteiger partial charge in [-0.15, -0.1) is 0 Å². The molecule has 1 aliphatic rings. The minimum absolute atomic E-state index is 0.0389. The molecule has 0 spiro atoms. The van der Waals surface area contributed by atoms with E-state index in [1.165, 1.54) is 11.4 Å². The second-order valence-corrected chi connectivity index (χ2v) is 10.00. The van der Waals surface area contributed by atoms with E-state index in [1.54, 1.807) is 37.4 Å². The van der Waals surface area contributed by atoms with Crippen LogP contribution in [0.2, 0.25) is 0 Å². The summed E-state index contributed by atoms with van der Waals surface area (Å²) in [7, 11) is -0.332. The summed E-state index contributed by atoms with van der Waals surface area (Å²) in [5.74, 6) is 0.719. The Labute approximate surface area is 185 Å². The van der Waals surface area contributed by atoms with Crippen molar-refractivity contribution in [1.82, 2.24) is 4.31 Å². The van der Waals surface area contributed by atoms with Gasteiger partial charge in [0.25, 0.3) is 0 Å². The monoisotopic (exact) mass is 496 g/mol. The number of nitrogens with one attached hydrogen (secondary N) is 1. The predicted octanol–water partition coefficient (Wildman–Crippen LogP) is 3.65. The van der Waals surface area contributed by atoms with Crippen LogP contribution in [-0.4, -0.2) is 45.9 Å². The Morgan fingerprint density at radius 2 is 1.70 bits per heavy atom. The first kappa shape index (κ1) is 22.6. The number of carbonyl (C=O) groups is 1. The van der Waals surface area contributed by atoms with E-state index in [1.807, 2.05) is 12.1 Å². The van der Waals surface area contributed by atoms with E-state index in [-0.39, 0.29) is 17.6 Å². The van der Waals surface area contributed by atoms with Crippen LogP contribution in [0.5, 0.6) is 11.5 Å². The van der Waals surface area contributed by atoms with Crippen molar-refractivity contribution in [3.05, 3.63) is 52.5 Å². The van der Waals surface area contributed by atoms with Crippen molar-refractivity contribution >= 4 is 37.5 Å². The highest BCUT2D eigenvalue weighted by atomic mass is 79.9. The molecular weight excluding hydrogens is 472 g/mol. The Balaban J connectivity index is 1.56. The molecule has 1 N–H and O–H groups in total. The number of amides is 1. The lowest BCUT2D eigenvalue weighted by atomic mass is 9.97. The van der Waals surface area contributed by atoms with Gasteiger partial charge < -0.3 is 14.8 Å². The fourth-order valence-corrected chi connectivity index (χ4v) is 5.26. The minimum Gasteiger partial charge on any atom is -0.493 e. The minimum atomic E-state index is -3.42. The molecule has 1 aliphatic heterocycles. The van der Waals surface area contributed by atoms with Gasteiger partial charge in [0.2, 0.25) is 15.9 Å². The van der Waals surface area contributed by atoms with Gasteiger partial charge in [0, 0.05) is 35.2 Å². The van der Waals surface area contributed by atoms with Gasteiger partial charge in [-0.1, -0.05) is 28.1 Å². The van der Waals surface area contributed by atoms with Gasteiger partial charge in [0.05, 0.1) is 20.0 Å². The van der Waals surface area contributed by atoms with Gasteiger partial charge in [-0.05, 0) is 42.7 Å². The number of anilines is 1. The normalized spacial score (nSPS) is 15.6. The number of carbonyl (C=O) groups excluding carboxylic acids is 1. The molecule has 30 heavy (non-hydrogen) atoms. The van der Waals surface area contributed by atoms with Crippen molar-refractivity contribution < 1.29 is 22.7 Å². The molecule has 0 aromatic heterocycles. The van der Waals surface area contributed by atoms with E-state index < -0.39 is 10.0 Å². The van der Waals surface area contributed by atoms with Crippen LogP contribution in [0.25, 0.3) is 0 Å². The van der Waals surface area contributed by atoms with Gasteiger partial charge in [0.15, 0.2) is 11.5 Å². The first-order valence-corrected chi connectivity index (χ1v) is 12.0. The molecule has 0 aliphatic carbocycles. The first-order chi connectivity index (χ1) is 14.3. The summed E-state index contributed by atoms with van der Waals surface area (Å²) in [5, 5.41) is 2.89. The lowest BCUT2D eigenvalue weighted by Crippen LogP contribution is -2.41. The number of methoxy groups -OCH3 is 2. The molecule has 2 aromatic rings. The highest BCUT2D eigenvalue weighted by Crippen LogP contribution is 2.30. The molecule has 2 aromatic carbocycles. The fourth-order valence-electron chi connectivity index (χ4n) is 3.44. The zero-order chi connectivity index (χ0) is 21.7. The molecule has 9 heteroatoms. The molecule has 1 amide bonds. The van der Waals surface area contributed by atoms with Crippen LogP contribution in [0.4, 0.5) is 5.69 Å². The molecule has 162 valence electrons. The van der Waals surface area contributed by atoms with E-state index in [0.717, 1.165) is 10.0 Å².